The van der Waals surface area contributed by atoms with E-state index in [1.165, 1.54) is 36.4 Å². The van der Waals surface area contributed by atoms with Crippen LogP contribution in [0.25, 0.3) is 0 Å². The zero-order valence-corrected chi connectivity index (χ0v) is 22.5. The molecule has 40 heavy (non-hydrogen) atoms. The van der Waals surface area contributed by atoms with E-state index in [1.807, 2.05) is 0 Å². The van der Waals surface area contributed by atoms with Crippen LogP contribution in [0.4, 0.5) is 18.9 Å². The number of amides is 1. The van der Waals surface area contributed by atoms with Crippen molar-refractivity contribution in [1.29, 1.82) is 5.26 Å². The summed E-state index contributed by atoms with van der Waals surface area (Å²) in [6.07, 6.45) is 0.111. The first kappa shape index (κ1) is 29.2. The molecule has 3 aromatic carbocycles. The van der Waals surface area contributed by atoms with Crippen LogP contribution in [0.3, 0.4) is 0 Å². The highest BCUT2D eigenvalue weighted by atomic mass is 35.5. The molecule has 4 atom stereocenters. The summed E-state index contributed by atoms with van der Waals surface area (Å²) >= 11 is 12.1. The maximum atomic E-state index is 15.6. The second-order valence-electron chi connectivity index (χ2n) is 9.57. The van der Waals surface area contributed by atoms with E-state index in [2.05, 4.69) is 23.3 Å². The minimum Gasteiger partial charge on any atom is -0.478 e. The Morgan fingerprint density at radius 3 is 2.45 bits per heavy atom. The second-order valence-corrected chi connectivity index (χ2v) is 10.4. The van der Waals surface area contributed by atoms with Crippen LogP contribution in [0.2, 0.25) is 10.0 Å². The number of nitrogens with zero attached hydrogens (tertiary/aromatic N) is 1. The van der Waals surface area contributed by atoms with Crippen molar-refractivity contribution in [3.05, 3.63) is 111 Å². The maximum absolute atomic E-state index is 15.6. The van der Waals surface area contributed by atoms with Gasteiger partial charge in [0.2, 0.25) is 5.91 Å². The Bertz CT molecular complexity index is 1580. The third kappa shape index (κ3) is 5.18. The van der Waals surface area contributed by atoms with Gasteiger partial charge in [0.05, 0.1) is 22.7 Å². The van der Waals surface area contributed by atoms with E-state index in [4.69, 9.17) is 28.3 Å². The standard InChI is InChI=1S/C29H22Cl2F3N3O3/c1-14(2)10-23-29(13-35,19-9-6-15(30)11-22(19)33)24(18-4-3-5-20(31)25(18)34)26(37-23)27(38)36-16-7-8-17(28(39)40)21(32)12-16/h3-9,11-12,23-24,26,37H,1,10H2,2H3,(H,36,38)(H,39,40)/t23-,24-,26+,29-/m0/s1. The van der Waals surface area contributed by atoms with Gasteiger partial charge in [-0.15, -0.1) is 6.58 Å². The number of carbonyl (C=O) groups excluding carboxylic acids is 1. The summed E-state index contributed by atoms with van der Waals surface area (Å²) in [5.41, 5.74) is -2.17. The summed E-state index contributed by atoms with van der Waals surface area (Å²) in [5, 5.41) is 25.2. The Labute approximate surface area is 238 Å². The number of benzene rings is 3. The number of hydrogen-bond acceptors (Lipinski definition) is 4. The molecule has 4 rings (SSSR count). The Kier molecular flexibility index (Phi) is 8.26. The molecule has 0 aliphatic carbocycles. The number of hydrogen-bond donors (Lipinski definition) is 3. The van der Waals surface area contributed by atoms with Gasteiger partial charge in [0.1, 0.15) is 22.9 Å². The van der Waals surface area contributed by atoms with Crippen LogP contribution in [0.15, 0.2) is 66.7 Å². The van der Waals surface area contributed by atoms with Crippen molar-refractivity contribution in [1.82, 2.24) is 5.32 Å². The fourth-order valence-corrected chi connectivity index (χ4v) is 5.62. The first-order valence-electron chi connectivity index (χ1n) is 12.0. The van der Waals surface area contributed by atoms with Crippen LogP contribution in [0.5, 0.6) is 0 Å². The minimum atomic E-state index is -1.86. The molecule has 0 aromatic heterocycles. The number of carbonyl (C=O) groups is 2. The third-order valence-corrected chi connectivity index (χ3v) is 7.46. The van der Waals surface area contributed by atoms with Crippen molar-refractivity contribution in [3.8, 4) is 6.07 Å². The van der Waals surface area contributed by atoms with Crippen molar-refractivity contribution in [2.24, 2.45) is 0 Å². The summed E-state index contributed by atoms with van der Waals surface area (Å²) in [6.45, 7) is 5.59. The number of rotatable bonds is 7. The lowest BCUT2D eigenvalue weighted by Gasteiger charge is -2.35. The van der Waals surface area contributed by atoms with E-state index < -0.39 is 58.3 Å². The normalized spacial score (nSPS) is 22.0. The molecule has 1 saturated heterocycles. The zero-order chi connectivity index (χ0) is 29.4. The predicted octanol–water partition coefficient (Wildman–Crippen LogP) is 6.60. The quantitative estimate of drug-likeness (QED) is 0.270. The highest BCUT2D eigenvalue weighted by Crippen LogP contribution is 2.52. The van der Waals surface area contributed by atoms with Gasteiger partial charge in [0.25, 0.3) is 0 Å². The number of nitriles is 1. The smallest absolute Gasteiger partial charge is 0.338 e. The lowest BCUT2D eigenvalue weighted by atomic mass is 9.64. The summed E-state index contributed by atoms with van der Waals surface area (Å²) in [4.78, 5) is 24.9. The Balaban J connectivity index is 1.92. The van der Waals surface area contributed by atoms with Gasteiger partial charge < -0.3 is 15.7 Å². The maximum Gasteiger partial charge on any atom is 0.338 e. The number of halogens is 5. The lowest BCUT2D eigenvalue weighted by molar-refractivity contribution is -0.118. The molecular formula is C29H22Cl2F3N3O3. The monoisotopic (exact) mass is 587 g/mol. The zero-order valence-electron chi connectivity index (χ0n) is 20.9. The fourth-order valence-electron chi connectivity index (χ4n) is 5.28. The largest absolute Gasteiger partial charge is 0.478 e. The van der Waals surface area contributed by atoms with E-state index in [1.54, 1.807) is 6.92 Å². The van der Waals surface area contributed by atoms with Gasteiger partial charge in [-0.3, -0.25) is 4.79 Å². The Morgan fingerprint density at radius 2 is 1.85 bits per heavy atom. The number of aromatic carboxylic acids is 1. The fraction of sp³-hybridized carbons (Fsp3) is 0.207. The summed E-state index contributed by atoms with van der Waals surface area (Å²) < 4.78 is 45.5. The van der Waals surface area contributed by atoms with E-state index in [0.29, 0.717) is 5.57 Å². The van der Waals surface area contributed by atoms with Gasteiger partial charge in [0, 0.05) is 28.2 Å². The number of nitrogens with one attached hydrogen (secondary N) is 2. The van der Waals surface area contributed by atoms with Crippen molar-refractivity contribution in [2.75, 3.05) is 5.32 Å². The average Bonchev–Trinajstić information content (AvgIpc) is 3.19. The highest BCUT2D eigenvalue weighted by Gasteiger charge is 2.60. The first-order valence-corrected chi connectivity index (χ1v) is 12.7. The Hall–Kier alpha value is -3.84. The van der Waals surface area contributed by atoms with Crippen molar-refractivity contribution < 1.29 is 27.9 Å². The molecule has 1 aliphatic rings. The van der Waals surface area contributed by atoms with Crippen LogP contribution in [-0.2, 0) is 10.2 Å². The van der Waals surface area contributed by atoms with E-state index >= 15 is 8.78 Å². The summed E-state index contributed by atoms with van der Waals surface area (Å²) in [6, 6.07) is 10.7. The molecule has 0 bridgehead atoms. The van der Waals surface area contributed by atoms with Gasteiger partial charge in [-0.05, 0) is 55.3 Å². The van der Waals surface area contributed by atoms with Gasteiger partial charge in [-0.1, -0.05) is 47.0 Å². The number of carboxylic acid groups (broad SMARTS) is 1. The van der Waals surface area contributed by atoms with Gasteiger partial charge >= 0.3 is 5.97 Å². The predicted molar refractivity (Wildman–Crippen MR) is 145 cm³/mol. The van der Waals surface area contributed by atoms with Crippen LogP contribution in [0.1, 0.15) is 40.7 Å². The first-order chi connectivity index (χ1) is 18.9. The van der Waals surface area contributed by atoms with Crippen molar-refractivity contribution >= 4 is 40.8 Å². The second kappa shape index (κ2) is 11.3. The van der Waals surface area contributed by atoms with Crippen LogP contribution >= 0.6 is 23.2 Å². The van der Waals surface area contributed by atoms with Crippen LogP contribution in [-0.4, -0.2) is 29.1 Å². The molecule has 1 heterocycles. The van der Waals surface area contributed by atoms with Gasteiger partial charge in [-0.25, -0.2) is 18.0 Å². The molecule has 1 aliphatic heterocycles. The molecule has 1 fully saturated rings. The molecule has 206 valence electrons. The van der Waals surface area contributed by atoms with Crippen LogP contribution < -0.4 is 10.6 Å². The topological polar surface area (TPSA) is 102 Å². The number of carboxylic acids is 1. The van der Waals surface area contributed by atoms with E-state index in [0.717, 1.165) is 18.2 Å². The highest BCUT2D eigenvalue weighted by molar-refractivity contribution is 6.31. The molecule has 11 heteroatoms. The molecule has 0 saturated carbocycles. The molecule has 3 N–H and O–H groups in total. The summed E-state index contributed by atoms with van der Waals surface area (Å²) in [5.74, 6) is -6.44. The van der Waals surface area contributed by atoms with Crippen molar-refractivity contribution in [2.45, 2.75) is 36.8 Å². The third-order valence-electron chi connectivity index (χ3n) is 6.93. The van der Waals surface area contributed by atoms with Gasteiger partial charge in [0.15, 0.2) is 0 Å². The molecule has 0 unspecified atom stereocenters. The molecular weight excluding hydrogens is 566 g/mol. The Morgan fingerprint density at radius 1 is 1.12 bits per heavy atom. The van der Waals surface area contributed by atoms with Gasteiger partial charge in [-0.2, -0.15) is 5.26 Å². The SMILES string of the molecule is C=C(C)C[C@@H]1N[C@@H](C(=O)Nc2ccc(C(=O)O)c(F)c2)[C@H](c2cccc(Cl)c2F)[C@@]1(C#N)c1ccc(Cl)cc1F. The average molecular weight is 588 g/mol. The van der Waals surface area contributed by atoms with E-state index in [9.17, 15) is 19.2 Å². The number of anilines is 1. The van der Waals surface area contributed by atoms with Crippen LogP contribution in [0, 0.1) is 28.8 Å². The lowest BCUT2D eigenvalue weighted by Crippen LogP contribution is -2.43. The van der Waals surface area contributed by atoms with E-state index in [-0.39, 0.29) is 33.3 Å². The van der Waals surface area contributed by atoms with Crippen molar-refractivity contribution in [3.63, 3.8) is 0 Å². The molecule has 6 nitrogen and oxygen atoms in total. The minimum absolute atomic E-state index is 0.0726. The molecule has 0 radical (unpaired) electrons. The molecule has 3 aromatic rings. The molecule has 1 amide bonds. The summed E-state index contributed by atoms with van der Waals surface area (Å²) in [7, 11) is 0. The molecule has 0 spiro atoms.